The Morgan fingerprint density at radius 2 is 1.74 bits per heavy atom. The van der Waals surface area contributed by atoms with Crippen LogP contribution in [0.1, 0.15) is 44.0 Å². The molecular weight excluding hydrogens is 294 g/mol. The third kappa shape index (κ3) is 5.06. The first-order valence-electron chi connectivity index (χ1n) is 8.08. The van der Waals surface area contributed by atoms with Crippen molar-refractivity contribution in [1.29, 1.82) is 0 Å². The molecule has 0 N–H and O–H groups in total. The maximum Gasteiger partial charge on any atom is 0.303 e. The van der Waals surface area contributed by atoms with Gasteiger partial charge in [-0.25, -0.2) is 0 Å². The molecule has 126 valence electrons. The smallest absolute Gasteiger partial charge is 0.303 e. The zero-order chi connectivity index (χ0) is 16.9. The topological polar surface area (TPSA) is 55.8 Å². The van der Waals surface area contributed by atoms with Gasteiger partial charge in [-0.3, -0.25) is 14.5 Å². The Labute approximate surface area is 137 Å². The molecule has 0 aromatic heterocycles. The molecule has 1 aliphatic rings. The maximum atomic E-state index is 12.4. The highest BCUT2D eigenvalue weighted by atomic mass is 16.6. The van der Waals surface area contributed by atoms with E-state index in [2.05, 4.69) is 4.90 Å². The first kappa shape index (κ1) is 17.5. The molecule has 2 rings (SSSR count). The van der Waals surface area contributed by atoms with Crippen LogP contribution in [0.3, 0.4) is 0 Å². The Balaban J connectivity index is 1.88. The van der Waals surface area contributed by atoms with Gasteiger partial charge in [0.25, 0.3) is 0 Å². The molecule has 5 heteroatoms. The number of Topliss-reactive ketones (excluding diaryl/α,β-unsaturated/α-hetero) is 1. The van der Waals surface area contributed by atoms with Gasteiger partial charge >= 0.3 is 5.97 Å². The van der Waals surface area contributed by atoms with E-state index in [0.29, 0.717) is 12.2 Å². The van der Waals surface area contributed by atoms with Crippen molar-refractivity contribution < 1.29 is 19.1 Å². The van der Waals surface area contributed by atoms with Crippen LogP contribution in [-0.2, 0) is 9.53 Å². The third-order valence-electron chi connectivity index (χ3n) is 3.94. The van der Waals surface area contributed by atoms with Crippen molar-refractivity contribution >= 4 is 11.8 Å². The standard InChI is InChI=1S/C18H25NO4/c1-14(20)23-18(2,3)17(21)15-6-8-16(9-7-15)22-13-12-19-10-4-5-11-19/h6-9H,4-5,10-13H2,1-3H3. The highest BCUT2D eigenvalue weighted by Gasteiger charge is 2.31. The van der Waals surface area contributed by atoms with Crippen molar-refractivity contribution in [3.05, 3.63) is 29.8 Å². The zero-order valence-corrected chi connectivity index (χ0v) is 14.1. The zero-order valence-electron chi connectivity index (χ0n) is 14.1. The van der Waals surface area contributed by atoms with E-state index in [9.17, 15) is 9.59 Å². The van der Waals surface area contributed by atoms with Gasteiger partial charge in [-0.2, -0.15) is 0 Å². The molecule has 0 atom stereocenters. The molecule has 5 nitrogen and oxygen atoms in total. The fraction of sp³-hybridized carbons (Fsp3) is 0.556. The quantitative estimate of drug-likeness (QED) is 0.571. The van der Waals surface area contributed by atoms with Gasteiger partial charge < -0.3 is 9.47 Å². The monoisotopic (exact) mass is 319 g/mol. The van der Waals surface area contributed by atoms with Crippen LogP contribution in [0.2, 0.25) is 0 Å². The van der Waals surface area contributed by atoms with E-state index in [0.717, 1.165) is 25.4 Å². The Morgan fingerprint density at radius 3 is 2.30 bits per heavy atom. The van der Waals surface area contributed by atoms with Crippen molar-refractivity contribution in [3.63, 3.8) is 0 Å². The Morgan fingerprint density at radius 1 is 1.13 bits per heavy atom. The molecule has 1 aromatic rings. The minimum Gasteiger partial charge on any atom is -0.492 e. The first-order chi connectivity index (χ1) is 10.9. The fourth-order valence-electron chi connectivity index (χ4n) is 2.75. The minimum atomic E-state index is -1.16. The molecule has 0 saturated carbocycles. The Kier molecular flexibility index (Phi) is 5.77. The van der Waals surface area contributed by atoms with Crippen LogP contribution in [0, 0.1) is 0 Å². The first-order valence-corrected chi connectivity index (χ1v) is 8.08. The Hall–Kier alpha value is -1.88. The lowest BCUT2D eigenvalue weighted by molar-refractivity contribution is -0.149. The minimum absolute atomic E-state index is 0.226. The van der Waals surface area contributed by atoms with Crippen LogP contribution in [0.25, 0.3) is 0 Å². The summed E-state index contributed by atoms with van der Waals surface area (Å²) < 4.78 is 10.8. The lowest BCUT2D eigenvalue weighted by Crippen LogP contribution is -2.36. The average Bonchev–Trinajstić information content (AvgIpc) is 2.99. The van der Waals surface area contributed by atoms with E-state index in [-0.39, 0.29) is 5.78 Å². The largest absolute Gasteiger partial charge is 0.492 e. The van der Waals surface area contributed by atoms with Crippen LogP contribution >= 0.6 is 0 Å². The molecule has 0 amide bonds. The van der Waals surface area contributed by atoms with E-state index < -0.39 is 11.6 Å². The van der Waals surface area contributed by atoms with Gasteiger partial charge in [-0.15, -0.1) is 0 Å². The van der Waals surface area contributed by atoms with Crippen molar-refractivity contribution in [2.45, 2.75) is 39.2 Å². The fourth-order valence-corrected chi connectivity index (χ4v) is 2.75. The molecule has 0 unspecified atom stereocenters. The number of likely N-dealkylation sites (tertiary alicyclic amines) is 1. The van der Waals surface area contributed by atoms with Crippen molar-refractivity contribution in [3.8, 4) is 5.75 Å². The molecule has 0 bridgehead atoms. The summed E-state index contributed by atoms with van der Waals surface area (Å²) in [6.07, 6.45) is 2.55. The lowest BCUT2D eigenvalue weighted by atomic mass is 9.96. The number of esters is 1. The van der Waals surface area contributed by atoms with E-state index in [1.54, 1.807) is 38.1 Å². The molecule has 1 aliphatic heterocycles. The van der Waals surface area contributed by atoms with Crippen molar-refractivity contribution in [1.82, 2.24) is 4.90 Å². The molecule has 1 fully saturated rings. The summed E-state index contributed by atoms with van der Waals surface area (Å²) in [5.74, 6) is 0.0487. The number of rotatable bonds is 7. The van der Waals surface area contributed by atoms with Gasteiger partial charge in [0.15, 0.2) is 5.60 Å². The maximum absolute atomic E-state index is 12.4. The van der Waals surface area contributed by atoms with Gasteiger partial charge in [0.2, 0.25) is 5.78 Å². The number of carbonyl (C=O) groups excluding carboxylic acids is 2. The van der Waals surface area contributed by atoms with E-state index in [1.165, 1.54) is 19.8 Å². The normalized spacial score (nSPS) is 15.4. The molecule has 0 aliphatic carbocycles. The number of hydrogen-bond acceptors (Lipinski definition) is 5. The molecule has 1 aromatic carbocycles. The Bertz CT molecular complexity index is 545. The number of ketones is 1. The van der Waals surface area contributed by atoms with Crippen LogP contribution in [0.15, 0.2) is 24.3 Å². The number of carbonyl (C=O) groups is 2. The van der Waals surface area contributed by atoms with E-state index in [1.807, 2.05) is 0 Å². The van der Waals surface area contributed by atoms with Gasteiger partial charge in [0, 0.05) is 19.0 Å². The number of benzene rings is 1. The molecule has 1 saturated heterocycles. The second-order valence-corrected chi connectivity index (χ2v) is 6.35. The predicted molar refractivity (Wildman–Crippen MR) is 87.8 cm³/mol. The summed E-state index contributed by atoms with van der Waals surface area (Å²) in [5.41, 5.74) is -0.660. The predicted octanol–water partition coefficient (Wildman–Crippen LogP) is 2.69. The van der Waals surface area contributed by atoms with Crippen LogP contribution < -0.4 is 4.74 Å². The number of ether oxygens (including phenoxy) is 2. The summed E-state index contributed by atoms with van der Waals surface area (Å²) in [6.45, 7) is 8.37. The highest BCUT2D eigenvalue weighted by Crippen LogP contribution is 2.20. The second kappa shape index (κ2) is 7.59. The van der Waals surface area contributed by atoms with Gasteiger partial charge in [-0.05, 0) is 64.0 Å². The van der Waals surface area contributed by atoms with Gasteiger partial charge in [0.1, 0.15) is 12.4 Å². The van der Waals surface area contributed by atoms with Crippen molar-refractivity contribution in [2.75, 3.05) is 26.2 Å². The molecular formula is C18H25NO4. The summed E-state index contributed by atoms with van der Waals surface area (Å²) in [5, 5.41) is 0. The van der Waals surface area contributed by atoms with Crippen molar-refractivity contribution in [2.24, 2.45) is 0 Å². The second-order valence-electron chi connectivity index (χ2n) is 6.35. The lowest BCUT2D eigenvalue weighted by Gasteiger charge is -2.22. The number of hydrogen-bond donors (Lipinski definition) is 0. The number of nitrogens with zero attached hydrogens (tertiary/aromatic N) is 1. The van der Waals surface area contributed by atoms with Crippen LogP contribution in [0.5, 0.6) is 5.75 Å². The van der Waals surface area contributed by atoms with Gasteiger partial charge in [0.05, 0.1) is 0 Å². The summed E-state index contributed by atoms with van der Waals surface area (Å²) in [6, 6.07) is 6.97. The molecule has 0 spiro atoms. The summed E-state index contributed by atoms with van der Waals surface area (Å²) in [7, 11) is 0. The van der Waals surface area contributed by atoms with E-state index >= 15 is 0 Å². The van der Waals surface area contributed by atoms with E-state index in [4.69, 9.17) is 9.47 Å². The highest BCUT2D eigenvalue weighted by molar-refractivity contribution is 6.02. The molecule has 1 heterocycles. The molecule has 0 radical (unpaired) electrons. The SMILES string of the molecule is CC(=O)OC(C)(C)C(=O)c1ccc(OCCN2CCCC2)cc1. The summed E-state index contributed by atoms with van der Waals surface area (Å²) >= 11 is 0. The van der Waals surface area contributed by atoms with Crippen LogP contribution in [0.4, 0.5) is 0 Å². The average molecular weight is 319 g/mol. The van der Waals surface area contributed by atoms with Gasteiger partial charge in [-0.1, -0.05) is 0 Å². The molecule has 23 heavy (non-hydrogen) atoms. The summed E-state index contributed by atoms with van der Waals surface area (Å²) in [4.78, 5) is 25.8. The third-order valence-corrected chi connectivity index (χ3v) is 3.94. The van der Waals surface area contributed by atoms with Crippen LogP contribution in [-0.4, -0.2) is 48.5 Å².